The van der Waals surface area contributed by atoms with Gasteiger partial charge in [0, 0.05) is 0 Å². The third-order valence-electron chi connectivity index (χ3n) is 4.30. The van der Waals surface area contributed by atoms with E-state index in [0.717, 1.165) is 24.8 Å². The van der Waals surface area contributed by atoms with Gasteiger partial charge in [0.05, 0.1) is 12.0 Å². The number of rotatable bonds is 6. The fourth-order valence-electron chi connectivity index (χ4n) is 3.00. The number of ketones is 1. The first-order valence-electron chi connectivity index (χ1n) is 7.42. The highest BCUT2D eigenvalue weighted by molar-refractivity contribution is 6.05. The fraction of sp³-hybridized carbons (Fsp3) is 0.529. The summed E-state index contributed by atoms with van der Waals surface area (Å²) >= 11 is 0. The molecule has 1 aromatic carbocycles. The summed E-state index contributed by atoms with van der Waals surface area (Å²) in [6.07, 6.45) is 3.23. The number of ether oxygens (including phenoxy) is 1. The van der Waals surface area contributed by atoms with Crippen LogP contribution >= 0.6 is 0 Å². The van der Waals surface area contributed by atoms with Crippen LogP contribution in [0.5, 0.6) is 0 Å². The van der Waals surface area contributed by atoms with Crippen molar-refractivity contribution in [3.05, 3.63) is 35.9 Å². The van der Waals surface area contributed by atoms with Gasteiger partial charge < -0.3 is 4.74 Å². The average molecular weight is 274 g/mol. The van der Waals surface area contributed by atoms with Crippen molar-refractivity contribution in [2.24, 2.45) is 5.92 Å². The number of Topliss-reactive ketones (excluding diaryl/α,β-unsaturated/α-hetero) is 1. The molecule has 1 atom stereocenters. The topological polar surface area (TPSA) is 43.4 Å². The Kier molecular flexibility index (Phi) is 4.58. The number of esters is 1. The molecule has 0 N–H and O–H groups in total. The van der Waals surface area contributed by atoms with Gasteiger partial charge >= 0.3 is 5.97 Å². The molecule has 0 radical (unpaired) electrons. The summed E-state index contributed by atoms with van der Waals surface area (Å²) in [6, 6.07) is 9.84. The molecule has 0 amide bonds. The second-order valence-electron chi connectivity index (χ2n) is 5.38. The summed E-state index contributed by atoms with van der Waals surface area (Å²) in [4.78, 5) is 24.9. The smallest absolute Gasteiger partial charge is 0.316 e. The van der Waals surface area contributed by atoms with Crippen molar-refractivity contribution in [1.82, 2.24) is 0 Å². The number of hydrogen-bond donors (Lipinski definition) is 0. The third-order valence-corrected chi connectivity index (χ3v) is 4.30. The third kappa shape index (κ3) is 2.49. The van der Waals surface area contributed by atoms with Gasteiger partial charge in [0.2, 0.25) is 0 Å². The Morgan fingerprint density at radius 2 is 1.85 bits per heavy atom. The molecule has 1 saturated carbocycles. The summed E-state index contributed by atoms with van der Waals surface area (Å²) in [5.74, 6) is -0.964. The van der Waals surface area contributed by atoms with Crippen LogP contribution in [0.15, 0.2) is 30.3 Å². The van der Waals surface area contributed by atoms with Gasteiger partial charge in [-0.15, -0.1) is 0 Å². The Bertz CT molecular complexity index is 474. The monoisotopic (exact) mass is 274 g/mol. The quantitative estimate of drug-likeness (QED) is 0.590. The highest BCUT2D eigenvalue weighted by Gasteiger charge is 2.49. The molecule has 0 spiro atoms. The largest absolute Gasteiger partial charge is 0.465 e. The van der Waals surface area contributed by atoms with E-state index < -0.39 is 11.3 Å². The molecule has 3 heteroatoms. The lowest BCUT2D eigenvalue weighted by atomic mass is 9.59. The molecular weight excluding hydrogens is 252 g/mol. The number of carbonyl (C=O) groups is 2. The number of carbonyl (C=O) groups excluding carboxylic acids is 2. The van der Waals surface area contributed by atoms with Crippen LogP contribution in [0.1, 0.15) is 45.1 Å². The molecule has 108 valence electrons. The van der Waals surface area contributed by atoms with Crippen molar-refractivity contribution < 1.29 is 14.3 Å². The minimum absolute atomic E-state index is 0.0379. The first-order chi connectivity index (χ1) is 9.65. The Morgan fingerprint density at radius 1 is 1.20 bits per heavy atom. The van der Waals surface area contributed by atoms with Crippen molar-refractivity contribution in [1.29, 1.82) is 0 Å². The van der Waals surface area contributed by atoms with E-state index in [1.54, 1.807) is 6.92 Å². The van der Waals surface area contributed by atoms with Crippen molar-refractivity contribution in [3.63, 3.8) is 0 Å². The van der Waals surface area contributed by atoms with Crippen LogP contribution in [0, 0.1) is 5.92 Å². The molecule has 1 aromatic rings. The average Bonchev–Trinajstić information content (AvgIpc) is 2.40. The second-order valence-corrected chi connectivity index (χ2v) is 5.38. The van der Waals surface area contributed by atoms with Crippen molar-refractivity contribution in [2.75, 3.05) is 6.61 Å². The molecule has 1 unspecified atom stereocenters. The normalized spacial score (nSPS) is 17.9. The molecule has 1 aliphatic carbocycles. The maximum absolute atomic E-state index is 12.9. The molecule has 20 heavy (non-hydrogen) atoms. The van der Waals surface area contributed by atoms with E-state index in [1.165, 1.54) is 0 Å². The van der Waals surface area contributed by atoms with Crippen LogP contribution in [0.2, 0.25) is 0 Å². The first-order valence-corrected chi connectivity index (χ1v) is 7.42. The van der Waals surface area contributed by atoms with Crippen LogP contribution in [0.4, 0.5) is 0 Å². The summed E-state index contributed by atoms with van der Waals surface area (Å²) in [5.41, 5.74) is 0.577. The molecule has 0 aliphatic heterocycles. The Hall–Kier alpha value is -1.64. The lowest BCUT2D eigenvalue weighted by Gasteiger charge is -2.42. The molecule has 1 fully saturated rings. The minimum Gasteiger partial charge on any atom is -0.465 e. The minimum atomic E-state index is -0.629. The molecule has 1 aliphatic rings. The summed E-state index contributed by atoms with van der Waals surface area (Å²) in [5, 5.41) is 0. The van der Waals surface area contributed by atoms with E-state index in [1.807, 2.05) is 37.3 Å². The SMILES string of the molecule is CCOC(=O)C(CC)C(=O)C1(c2ccccc2)CCC1. The van der Waals surface area contributed by atoms with Gasteiger partial charge in [0.1, 0.15) is 5.92 Å². The van der Waals surface area contributed by atoms with Crippen molar-refractivity contribution >= 4 is 11.8 Å². The zero-order chi connectivity index (χ0) is 14.6. The van der Waals surface area contributed by atoms with Crippen LogP contribution in [-0.4, -0.2) is 18.4 Å². The van der Waals surface area contributed by atoms with E-state index in [4.69, 9.17) is 4.74 Å². The zero-order valence-corrected chi connectivity index (χ0v) is 12.2. The maximum Gasteiger partial charge on any atom is 0.316 e. The van der Waals surface area contributed by atoms with Gasteiger partial charge in [-0.25, -0.2) is 0 Å². The van der Waals surface area contributed by atoms with Crippen molar-refractivity contribution in [2.45, 2.75) is 44.9 Å². The molecule has 0 saturated heterocycles. The van der Waals surface area contributed by atoms with E-state index >= 15 is 0 Å². The van der Waals surface area contributed by atoms with Gasteiger partial charge in [-0.2, -0.15) is 0 Å². The van der Waals surface area contributed by atoms with Gasteiger partial charge in [-0.05, 0) is 31.7 Å². The Labute approximate surface area is 120 Å². The zero-order valence-electron chi connectivity index (χ0n) is 12.2. The summed E-state index contributed by atoms with van der Waals surface area (Å²) < 4.78 is 5.06. The van der Waals surface area contributed by atoms with E-state index in [0.29, 0.717) is 13.0 Å². The maximum atomic E-state index is 12.9. The summed E-state index contributed by atoms with van der Waals surface area (Å²) in [7, 11) is 0. The first kappa shape index (κ1) is 14.8. The molecule has 0 aromatic heterocycles. The van der Waals surface area contributed by atoms with E-state index in [-0.39, 0.29) is 11.8 Å². The predicted octanol–water partition coefficient (Wildman–Crippen LogP) is 3.27. The Morgan fingerprint density at radius 3 is 2.30 bits per heavy atom. The highest BCUT2D eigenvalue weighted by atomic mass is 16.5. The van der Waals surface area contributed by atoms with Crippen LogP contribution in [0.3, 0.4) is 0 Å². The van der Waals surface area contributed by atoms with Crippen LogP contribution in [-0.2, 0) is 19.7 Å². The van der Waals surface area contributed by atoms with Gasteiger partial charge in [0.15, 0.2) is 5.78 Å². The molecule has 3 nitrogen and oxygen atoms in total. The standard InChI is InChI=1S/C17H22O3/c1-3-14(16(19)20-4-2)15(18)17(11-8-12-17)13-9-6-5-7-10-13/h5-7,9-10,14H,3-4,8,11-12H2,1-2H3. The second kappa shape index (κ2) is 6.21. The predicted molar refractivity (Wildman–Crippen MR) is 77.4 cm³/mol. The summed E-state index contributed by atoms with van der Waals surface area (Å²) in [6.45, 7) is 3.96. The van der Waals surface area contributed by atoms with Gasteiger partial charge in [-0.1, -0.05) is 43.7 Å². The molecule has 0 bridgehead atoms. The lowest BCUT2D eigenvalue weighted by Crippen LogP contribution is -2.47. The van der Waals surface area contributed by atoms with Crippen molar-refractivity contribution in [3.8, 4) is 0 Å². The molecule has 2 rings (SSSR count). The fourth-order valence-corrected chi connectivity index (χ4v) is 3.00. The van der Waals surface area contributed by atoms with Gasteiger partial charge in [-0.3, -0.25) is 9.59 Å². The number of hydrogen-bond acceptors (Lipinski definition) is 3. The molecule has 0 heterocycles. The van der Waals surface area contributed by atoms with E-state index in [9.17, 15) is 9.59 Å². The Balaban J connectivity index is 2.27. The van der Waals surface area contributed by atoms with Gasteiger partial charge in [0.25, 0.3) is 0 Å². The lowest BCUT2D eigenvalue weighted by molar-refractivity contribution is -0.154. The van der Waals surface area contributed by atoms with E-state index in [2.05, 4.69) is 0 Å². The molecular formula is C17H22O3. The number of benzene rings is 1. The van der Waals surface area contributed by atoms with Crippen LogP contribution < -0.4 is 0 Å². The highest BCUT2D eigenvalue weighted by Crippen LogP contribution is 2.46. The van der Waals surface area contributed by atoms with Crippen LogP contribution in [0.25, 0.3) is 0 Å².